The summed E-state index contributed by atoms with van der Waals surface area (Å²) in [5.74, 6) is -1.25. The summed E-state index contributed by atoms with van der Waals surface area (Å²) < 4.78 is 61.9. The number of aromatic nitrogens is 4. The van der Waals surface area contributed by atoms with Gasteiger partial charge in [0.15, 0.2) is 22.8 Å². The molecule has 29 heteroatoms. The van der Waals surface area contributed by atoms with Crippen molar-refractivity contribution in [3.05, 3.63) is 12.7 Å². The fourth-order valence-electron chi connectivity index (χ4n) is 4.60. The zero-order chi connectivity index (χ0) is 40.6. The number of carbonyl (C=O) groups is 3. The maximum absolute atomic E-state index is 12.6. The Morgan fingerprint density at radius 3 is 2.37 bits per heavy atom. The number of hydrogen-bond acceptors (Lipinski definition) is 19. The molecule has 0 radical (unpaired) electrons. The SMILES string of the molecule is C[C@H](O)CC(=O)SCCNC(=O)CCNC(=O)[C@H](O)C(C)(C)COP(=O)(O)OP(=O)(O)OC[C@@H]1O[C@H](n2cnc3c(N)ncnc32)[C@@H](O)[C@H]1OP(=O)(O)O. The smallest absolute Gasteiger partial charge is 0.393 e. The number of nitrogens with zero attached hydrogens (tertiary/aromatic N) is 4. The van der Waals surface area contributed by atoms with E-state index in [4.69, 9.17) is 19.5 Å². The van der Waals surface area contributed by atoms with Crippen molar-refractivity contribution in [2.45, 2.75) is 70.4 Å². The standard InChI is InChI=1S/C25H42N7O18P3S/c1-13(33)8-16(35)54-7-6-27-15(34)4-5-28-23(38)20(37)25(2,3)10-47-53(44,45)50-52(42,43)46-9-14-19(49-51(39,40)41)18(36)24(48-14)32-12-31-17-21(26)29-11-30-22(17)32/h11-14,18-20,24,33,36-37H,4-10H2,1-3H3,(H,27,34)(H,28,38)(H,42,43)(H,44,45)(H2,26,29,30)(H2,39,40,41)/t13-,14-,18-,19-,20-,24-/m0/s1. The third-order valence-electron chi connectivity index (χ3n) is 7.23. The highest BCUT2D eigenvalue weighted by atomic mass is 32.2. The minimum atomic E-state index is -5.57. The highest BCUT2D eigenvalue weighted by molar-refractivity contribution is 8.13. The number of aliphatic hydroxyl groups is 3. The molecule has 2 aromatic heterocycles. The Balaban J connectivity index is 1.51. The third kappa shape index (κ3) is 13.9. The normalized spacial score (nSPS) is 22.6. The average molecular weight is 854 g/mol. The van der Waals surface area contributed by atoms with Crippen LogP contribution < -0.4 is 16.4 Å². The van der Waals surface area contributed by atoms with Gasteiger partial charge in [-0.25, -0.2) is 28.6 Å². The van der Waals surface area contributed by atoms with Gasteiger partial charge in [-0.3, -0.25) is 32.5 Å². The van der Waals surface area contributed by atoms with Crippen LogP contribution in [0.15, 0.2) is 12.7 Å². The first kappa shape index (κ1) is 45.9. The van der Waals surface area contributed by atoms with Gasteiger partial charge in [-0.2, -0.15) is 4.31 Å². The molecular weight excluding hydrogens is 811 g/mol. The van der Waals surface area contributed by atoms with E-state index in [0.29, 0.717) is 0 Å². The van der Waals surface area contributed by atoms with Gasteiger partial charge in [-0.05, 0) is 6.92 Å². The number of nitrogens with one attached hydrogen (secondary N) is 2. The molecule has 0 bridgehead atoms. The minimum Gasteiger partial charge on any atom is -0.393 e. The molecule has 1 aliphatic heterocycles. The monoisotopic (exact) mass is 853 g/mol. The lowest BCUT2D eigenvalue weighted by molar-refractivity contribution is -0.137. The molecule has 2 amide bonds. The predicted octanol–water partition coefficient (Wildman–Crippen LogP) is -1.56. The lowest BCUT2D eigenvalue weighted by Crippen LogP contribution is -2.46. The molecule has 2 aromatic rings. The number of fused-ring (bicyclic) bond motifs is 1. The first-order valence-corrected chi connectivity index (χ1v) is 21.1. The Labute approximate surface area is 310 Å². The summed E-state index contributed by atoms with van der Waals surface area (Å²) in [6, 6.07) is 0. The van der Waals surface area contributed by atoms with E-state index in [1.165, 1.54) is 20.8 Å². The van der Waals surface area contributed by atoms with Crippen LogP contribution in [0, 0.1) is 5.41 Å². The van der Waals surface area contributed by atoms with Crippen LogP contribution in [0.3, 0.4) is 0 Å². The number of rotatable bonds is 21. The van der Waals surface area contributed by atoms with Crippen molar-refractivity contribution in [3.63, 3.8) is 0 Å². The highest BCUT2D eigenvalue weighted by Gasteiger charge is 2.50. The molecule has 54 heavy (non-hydrogen) atoms. The number of ether oxygens (including phenoxy) is 1. The number of phosphoric ester groups is 3. The molecule has 306 valence electrons. The van der Waals surface area contributed by atoms with E-state index in [-0.39, 0.29) is 53.8 Å². The quantitative estimate of drug-likeness (QED) is 0.0501. The summed E-state index contributed by atoms with van der Waals surface area (Å²) >= 11 is 0.939. The summed E-state index contributed by atoms with van der Waals surface area (Å²) in [6.07, 6.45) is -7.79. The van der Waals surface area contributed by atoms with Crippen molar-refractivity contribution in [2.24, 2.45) is 5.41 Å². The highest BCUT2D eigenvalue weighted by Crippen LogP contribution is 2.61. The number of amides is 2. The van der Waals surface area contributed by atoms with Crippen LogP contribution in [-0.2, 0) is 50.7 Å². The average Bonchev–Trinajstić information content (AvgIpc) is 3.60. The Morgan fingerprint density at radius 1 is 1.06 bits per heavy atom. The number of anilines is 1. The first-order valence-electron chi connectivity index (χ1n) is 15.6. The molecule has 1 aliphatic rings. The number of imidazole rings is 1. The molecule has 11 N–H and O–H groups in total. The first-order chi connectivity index (χ1) is 24.9. The molecule has 0 aliphatic carbocycles. The molecule has 0 aromatic carbocycles. The topological polar surface area (TPSA) is 384 Å². The fraction of sp³-hybridized carbons (Fsp3) is 0.680. The Kier molecular flexibility index (Phi) is 16.2. The van der Waals surface area contributed by atoms with Crippen molar-refractivity contribution in [3.8, 4) is 0 Å². The number of hydrogen-bond donors (Lipinski definition) is 10. The summed E-state index contributed by atoms with van der Waals surface area (Å²) in [5, 5.41) is 35.2. The number of phosphoric acid groups is 3. The van der Waals surface area contributed by atoms with Crippen LogP contribution in [0.25, 0.3) is 11.2 Å². The van der Waals surface area contributed by atoms with Crippen LogP contribution in [0.2, 0.25) is 0 Å². The molecule has 8 atom stereocenters. The van der Waals surface area contributed by atoms with Gasteiger partial charge in [-0.1, -0.05) is 25.6 Å². The van der Waals surface area contributed by atoms with Crippen LogP contribution in [-0.4, -0.2) is 134 Å². The largest absolute Gasteiger partial charge is 0.481 e. The Bertz CT molecular complexity index is 1780. The predicted molar refractivity (Wildman–Crippen MR) is 183 cm³/mol. The van der Waals surface area contributed by atoms with E-state index in [1.54, 1.807) is 0 Å². The van der Waals surface area contributed by atoms with E-state index >= 15 is 0 Å². The summed E-state index contributed by atoms with van der Waals surface area (Å²) in [6.45, 7) is 1.83. The Morgan fingerprint density at radius 2 is 1.72 bits per heavy atom. The maximum atomic E-state index is 12.6. The van der Waals surface area contributed by atoms with Crippen LogP contribution in [0.1, 0.15) is 39.8 Å². The van der Waals surface area contributed by atoms with Gasteiger partial charge in [0, 0.05) is 37.1 Å². The summed E-state index contributed by atoms with van der Waals surface area (Å²) in [5.41, 5.74) is 4.23. The number of aliphatic hydroxyl groups excluding tert-OH is 3. The molecule has 0 spiro atoms. The fourth-order valence-corrected chi connectivity index (χ4v) is 8.22. The minimum absolute atomic E-state index is 0.0259. The van der Waals surface area contributed by atoms with Crippen molar-refractivity contribution in [1.82, 2.24) is 30.2 Å². The molecule has 1 fully saturated rings. The second kappa shape index (κ2) is 19.1. The van der Waals surface area contributed by atoms with Crippen molar-refractivity contribution >= 4 is 69.1 Å². The molecule has 1 saturated heterocycles. The molecule has 25 nitrogen and oxygen atoms in total. The molecular formula is C25H42N7O18P3S. The molecule has 0 saturated carbocycles. The van der Waals surface area contributed by atoms with E-state index in [0.717, 1.165) is 29.0 Å². The van der Waals surface area contributed by atoms with Gasteiger partial charge in [0.2, 0.25) is 11.8 Å². The maximum Gasteiger partial charge on any atom is 0.481 e. The van der Waals surface area contributed by atoms with Crippen LogP contribution >= 0.6 is 35.2 Å². The summed E-state index contributed by atoms with van der Waals surface area (Å²) in [4.78, 5) is 86.9. The van der Waals surface area contributed by atoms with Gasteiger partial charge < -0.3 is 56.0 Å². The van der Waals surface area contributed by atoms with Gasteiger partial charge in [-0.15, -0.1) is 0 Å². The second-order valence-electron chi connectivity index (χ2n) is 12.3. The van der Waals surface area contributed by atoms with Crippen molar-refractivity contribution in [2.75, 3.05) is 37.8 Å². The lowest BCUT2D eigenvalue weighted by Gasteiger charge is -2.30. The van der Waals surface area contributed by atoms with Crippen LogP contribution in [0.4, 0.5) is 5.82 Å². The lowest BCUT2D eigenvalue weighted by atomic mass is 9.87. The number of carbonyl (C=O) groups excluding carboxylic acids is 3. The van der Waals surface area contributed by atoms with Gasteiger partial charge in [0.05, 0.1) is 25.6 Å². The zero-order valence-corrected chi connectivity index (χ0v) is 32.3. The third-order valence-corrected chi connectivity index (χ3v) is 11.2. The van der Waals surface area contributed by atoms with Gasteiger partial charge in [0.1, 0.15) is 36.3 Å². The van der Waals surface area contributed by atoms with Crippen LogP contribution in [0.5, 0.6) is 0 Å². The summed E-state index contributed by atoms with van der Waals surface area (Å²) in [7, 11) is -16.4. The molecule has 3 rings (SSSR count). The van der Waals surface area contributed by atoms with E-state index in [1.807, 2.05) is 0 Å². The van der Waals surface area contributed by atoms with Crippen molar-refractivity contribution < 1.29 is 85.6 Å². The number of nitrogen functional groups attached to an aromatic ring is 1. The van der Waals surface area contributed by atoms with E-state index < -0.39 is 90.7 Å². The zero-order valence-electron chi connectivity index (χ0n) is 28.8. The van der Waals surface area contributed by atoms with Gasteiger partial charge >= 0.3 is 23.5 Å². The molecule has 3 heterocycles. The second-order valence-corrected chi connectivity index (χ2v) is 17.7. The van der Waals surface area contributed by atoms with Crippen molar-refractivity contribution in [1.29, 1.82) is 0 Å². The van der Waals surface area contributed by atoms with E-state index in [9.17, 15) is 63.0 Å². The molecule has 2 unspecified atom stereocenters. The van der Waals surface area contributed by atoms with E-state index in [2.05, 4.69) is 34.4 Å². The van der Waals surface area contributed by atoms with Gasteiger partial charge in [0.25, 0.3) is 0 Å². The number of nitrogens with two attached hydrogens (primary N) is 1. The Hall–Kier alpha value is -2.48. The number of thioether (sulfide) groups is 1.